The Morgan fingerprint density at radius 3 is 2.64 bits per heavy atom. The van der Waals surface area contributed by atoms with Crippen LogP contribution >= 0.6 is 0 Å². The van der Waals surface area contributed by atoms with E-state index in [2.05, 4.69) is 5.10 Å². The summed E-state index contributed by atoms with van der Waals surface area (Å²) < 4.78 is 1.79. The van der Waals surface area contributed by atoms with Gasteiger partial charge in [-0.05, 0) is 32.4 Å². The van der Waals surface area contributed by atoms with Crippen LogP contribution in [-0.4, -0.2) is 27.5 Å². The molecule has 0 saturated heterocycles. The Balaban J connectivity index is 2.83. The SMILES string of the molecule is Cc1nn(C)cc1C(CN)CC(C)O. The molecule has 0 fully saturated rings. The summed E-state index contributed by atoms with van der Waals surface area (Å²) in [5.74, 6) is 0.212. The first-order valence-electron chi connectivity index (χ1n) is 4.92. The zero-order chi connectivity index (χ0) is 10.7. The number of nitrogens with zero attached hydrogens (tertiary/aromatic N) is 2. The zero-order valence-corrected chi connectivity index (χ0v) is 9.07. The lowest BCUT2D eigenvalue weighted by Gasteiger charge is -2.15. The molecule has 14 heavy (non-hydrogen) atoms. The van der Waals surface area contributed by atoms with Crippen LogP contribution < -0.4 is 5.73 Å². The first-order valence-corrected chi connectivity index (χ1v) is 4.92. The van der Waals surface area contributed by atoms with Crippen LogP contribution in [-0.2, 0) is 7.05 Å². The summed E-state index contributed by atoms with van der Waals surface area (Å²) in [5, 5.41) is 13.6. The number of rotatable bonds is 4. The van der Waals surface area contributed by atoms with E-state index in [4.69, 9.17) is 5.73 Å². The number of hydrogen-bond donors (Lipinski definition) is 2. The Morgan fingerprint density at radius 2 is 2.29 bits per heavy atom. The van der Waals surface area contributed by atoms with Gasteiger partial charge in [0.15, 0.2) is 0 Å². The molecule has 0 radical (unpaired) electrons. The summed E-state index contributed by atoms with van der Waals surface area (Å²) in [7, 11) is 1.90. The predicted octanol–water partition coefficient (Wildman–Crippen LogP) is 0.542. The van der Waals surface area contributed by atoms with Gasteiger partial charge in [-0.1, -0.05) is 0 Å². The summed E-state index contributed by atoms with van der Waals surface area (Å²) in [6.45, 7) is 4.31. The van der Waals surface area contributed by atoms with Crippen molar-refractivity contribution in [2.75, 3.05) is 6.54 Å². The summed E-state index contributed by atoms with van der Waals surface area (Å²) in [5.41, 5.74) is 7.84. The maximum absolute atomic E-state index is 9.33. The Bertz CT molecular complexity index is 294. The second-order valence-electron chi connectivity index (χ2n) is 3.86. The fraction of sp³-hybridized carbons (Fsp3) is 0.700. The lowest BCUT2D eigenvalue weighted by atomic mass is 9.94. The minimum Gasteiger partial charge on any atom is -0.393 e. The molecule has 3 N–H and O–H groups in total. The fourth-order valence-electron chi connectivity index (χ4n) is 1.78. The first-order chi connectivity index (χ1) is 6.54. The van der Waals surface area contributed by atoms with Crippen LogP contribution in [0.15, 0.2) is 6.20 Å². The van der Waals surface area contributed by atoms with E-state index in [0.717, 1.165) is 11.3 Å². The van der Waals surface area contributed by atoms with Gasteiger partial charge in [-0.2, -0.15) is 5.10 Å². The average Bonchev–Trinajstić information content (AvgIpc) is 2.41. The molecule has 0 aliphatic heterocycles. The van der Waals surface area contributed by atoms with Gasteiger partial charge in [0.2, 0.25) is 0 Å². The lowest BCUT2D eigenvalue weighted by molar-refractivity contribution is 0.175. The Morgan fingerprint density at radius 1 is 1.64 bits per heavy atom. The molecule has 0 aliphatic rings. The number of aryl methyl sites for hydroxylation is 2. The molecule has 1 aromatic heterocycles. The van der Waals surface area contributed by atoms with Gasteiger partial charge in [0.05, 0.1) is 11.8 Å². The molecule has 2 unspecified atom stereocenters. The molecule has 4 nitrogen and oxygen atoms in total. The van der Waals surface area contributed by atoms with E-state index in [1.165, 1.54) is 0 Å². The molecule has 4 heteroatoms. The lowest BCUT2D eigenvalue weighted by Crippen LogP contribution is -2.17. The van der Waals surface area contributed by atoms with Crippen molar-refractivity contribution in [3.63, 3.8) is 0 Å². The number of hydrogen-bond acceptors (Lipinski definition) is 3. The van der Waals surface area contributed by atoms with Crippen molar-refractivity contribution in [1.29, 1.82) is 0 Å². The number of aromatic nitrogens is 2. The third-order valence-electron chi connectivity index (χ3n) is 2.40. The quantitative estimate of drug-likeness (QED) is 0.740. The van der Waals surface area contributed by atoms with Crippen LogP contribution in [0.4, 0.5) is 0 Å². The molecule has 0 spiro atoms. The maximum Gasteiger partial charge on any atom is 0.0628 e. The molecule has 0 aromatic carbocycles. The van der Waals surface area contributed by atoms with Gasteiger partial charge in [0.1, 0.15) is 0 Å². The molecule has 0 bridgehead atoms. The minimum atomic E-state index is -0.317. The number of aliphatic hydroxyl groups is 1. The van der Waals surface area contributed by atoms with E-state index >= 15 is 0 Å². The van der Waals surface area contributed by atoms with E-state index in [1.807, 2.05) is 20.2 Å². The molecule has 0 amide bonds. The largest absolute Gasteiger partial charge is 0.393 e. The van der Waals surface area contributed by atoms with Gasteiger partial charge in [-0.15, -0.1) is 0 Å². The van der Waals surface area contributed by atoms with Crippen molar-refractivity contribution in [3.8, 4) is 0 Å². The highest BCUT2D eigenvalue weighted by molar-refractivity contribution is 5.21. The highest BCUT2D eigenvalue weighted by Crippen LogP contribution is 2.22. The smallest absolute Gasteiger partial charge is 0.0628 e. The highest BCUT2D eigenvalue weighted by Gasteiger charge is 2.16. The normalized spacial score (nSPS) is 15.5. The molecular formula is C10H19N3O. The number of aliphatic hydroxyl groups excluding tert-OH is 1. The van der Waals surface area contributed by atoms with E-state index in [-0.39, 0.29) is 12.0 Å². The van der Waals surface area contributed by atoms with Crippen molar-refractivity contribution < 1.29 is 5.11 Å². The van der Waals surface area contributed by atoms with E-state index in [9.17, 15) is 5.11 Å². The topological polar surface area (TPSA) is 64.1 Å². The summed E-state index contributed by atoms with van der Waals surface area (Å²) in [6, 6.07) is 0. The fourth-order valence-corrected chi connectivity index (χ4v) is 1.78. The van der Waals surface area contributed by atoms with E-state index in [0.29, 0.717) is 13.0 Å². The molecule has 1 aromatic rings. The molecular weight excluding hydrogens is 178 g/mol. The van der Waals surface area contributed by atoms with Crippen LogP contribution in [0, 0.1) is 6.92 Å². The molecule has 2 atom stereocenters. The van der Waals surface area contributed by atoms with Crippen molar-refractivity contribution in [2.45, 2.75) is 32.3 Å². The van der Waals surface area contributed by atoms with Crippen molar-refractivity contribution in [3.05, 3.63) is 17.5 Å². The van der Waals surface area contributed by atoms with Gasteiger partial charge >= 0.3 is 0 Å². The highest BCUT2D eigenvalue weighted by atomic mass is 16.3. The Hall–Kier alpha value is -0.870. The van der Waals surface area contributed by atoms with Gasteiger partial charge in [-0.25, -0.2) is 0 Å². The van der Waals surface area contributed by atoms with Crippen molar-refractivity contribution in [1.82, 2.24) is 9.78 Å². The second kappa shape index (κ2) is 4.57. The van der Waals surface area contributed by atoms with Gasteiger partial charge in [-0.3, -0.25) is 4.68 Å². The Kier molecular flexibility index (Phi) is 3.66. The molecule has 1 rings (SSSR count). The zero-order valence-electron chi connectivity index (χ0n) is 9.07. The molecule has 80 valence electrons. The Labute approximate surface area is 84.7 Å². The standard InChI is InChI=1S/C10H19N3O/c1-7(14)4-9(5-11)10-6-13(3)12-8(10)2/h6-7,9,14H,4-5,11H2,1-3H3. The van der Waals surface area contributed by atoms with Gasteiger partial charge < -0.3 is 10.8 Å². The third-order valence-corrected chi connectivity index (χ3v) is 2.40. The van der Waals surface area contributed by atoms with Crippen LogP contribution in [0.25, 0.3) is 0 Å². The van der Waals surface area contributed by atoms with Crippen LogP contribution in [0.3, 0.4) is 0 Å². The summed E-state index contributed by atoms with van der Waals surface area (Å²) in [6.07, 6.45) is 2.36. The molecule has 0 aliphatic carbocycles. The molecule has 1 heterocycles. The molecule has 0 saturated carbocycles. The third kappa shape index (κ3) is 2.56. The van der Waals surface area contributed by atoms with Crippen LogP contribution in [0.5, 0.6) is 0 Å². The van der Waals surface area contributed by atoms with E-state index in [1.54, 1.807) is 11.6 Å². The summed E-state index contributed by atoms with van der Waals surface area (Å²) in [4.78, 5) is 0. The number of nitrogens with two attached hydrogens (primary N) is 1. The second-order valence-corrected chi connectivity index (χ2v) is 3.86. The summed E-state index contributed by atoms with van der Waals surface area (Å²) >= 11 is 0. The van der Waals surface area contributed by atoms with Crippen molar-refractivity contribution in [2.24, 2.45) is 12.8 Å². The average molecular weight is 197 g/mol. The van der Waals surface area contributed by atoms with Gasteiger partial charge in [0, 0.05) is 19.2 Å². The van der Waals surface area contributed by atoms with Crippen molar-refractivity contribution >= 4 is 0 Å². The monoisotopic (exact) mass is 197 g/mol. The van der Waals surface area contributed by atoms with Gasteiger partial charge in [0.25, 0.3) is 0 Å². The first kappa shape index (κ1) is 11.2. The van der Waals surface area contributed by atoms with Crippen LogP contribution in [0.1, 0.15) is 30.5 Å². The maximum atomic E-state index is 9.33. The minimum absolute atomic E-state index is 0.212. The van der Waals surface area contributed by atoms with Crippen LogP contribution in [0.2, 0.25) is 0 Å². The predicted molar refractivity (Wildman–Crippen MR) is 56.0 cm³/mol. The van der Waals surface area contributed by atoms with E-state index < -0.39 is 0 Å².